The normalized spacial score (nSPS) is 11.7. The zero-order valence-electron chi connectivity index (χ0n) is 19.6. The highest BCUT2D eigenvalue weighted by molar-refractivity contribution is 6.01. The average molecular weight is 474 g/mol. The van der Waals surface area contributed by atoms with Gasteiger partial charge in [0.1, 0.15) is 23.9 Å². The van der Waals surface area contributed by atoms with Gasteiger partial charge in [-0.2, -0.15) is 0 Å². The lowest BCUT2D eigenvalue weighted by Crippen LogP contribution is -2.46. The summed E-state index contributed by atoms with van der Waals surface area (Å²) in [6.45, 7) is 0.558. The Morgan fingerprint density at radius 2 is 1.77 bits per heavy atom. The molecule has 0 aliphatic carbocycles. The first-order chi connectivity index (χ1) is 17.1. The molecule has 0 spiro atoms. The predicted octanol–water partition coefficient (Wildman–Crippen LogP) is 2.98. The van der Waals surface area contributed by atoms with Crippen LogP contribution in [0.1, 0.15) is 11.6 Å². The van der Waals surface area contributed by atoms with Crippen LogP contribution in [0.2, 0.25) is 0 Å². The molecule has 1 atom stereocenters. The van der Waals surface area contributed by atoms with Crippen LogP contribution in [0, 0.1) is 0 Å². The number of para-hydroxylation sites is 2. The van der Waals surface area contributed by atoms with Gasteiger partial charge in [0, 0.05) is 19.3 Å². The number of methoxy groups -OCH3 is 2. The Hall–Kier alpha value is -4.24. The molecule has 1 aromatic heterocycles. The van der Waals surface area contributed by atoms with E-state index in [1.165, 1.54) is 4.90 Å². The number of anilines is 1. The van der Waals surface area contributed by atoms with E-state index in [-0.39, 0.29) is 18.4 Å². The molecule has 3 aromatic carbocycles. The molecule has 9 heteroatoms. The van der Waals surface area contributed by atoms with Gasteiger partial charge in [-0.15, -0.1) is 5.10 Å². The molecule has 35 heavy (non-hydrogen) atoms. The molecule has 0 saturated carbocycles. The van der Waals surface area contributed by atoms with Crippen LogP contribution >= 0.6 is 0 Å². The summed E-state index contributed by atoms with van der Waals surface area (Å²) in [5, 5.41) is 11.2. The first-order valence-electron chi connectivity index (χ1n) is 11.2. The molecular weight excluding hydrogens is 446 g/mol. The number of rotatable bonds is 10. The van der Waals surface area contributed by atoms with Crippen LogP contribution in [0.15, 0.2) is 78.9 Å². The van der Waals surface area contributed by atoms with Crippen molar-refractivity contribution in [2.45, 2.75) is 12.6 Å². The molecule has 0 aliphatic rings. The lowest BCUT2D eigenvalue weighted by Gasteiger charge is -2.31. The third-order valence-corrected chi connectivity index (χ3v) is 5.53. The number of carbonyl (C=O) groups is 2. The summed E-state index contributed by atoms with van der Waals surface area (Å²) < 4.78 is 12.0. The van der Waals surface area contributed by atoms with Crippen LogP contribution in [-0.2, 0) is 20.9 Å². The number of ether oxygens (including phenoxy) is 2. The summed E-state index contributed by atoms with van der Waals surface area (Å²) in [4.78, 5) is 28.9. The Kier molecular flexibility index (Phi) is 7.69. The number of amides is 2. The van der Waals surface area contributed by atoms with Crippen molar-refractivity contribution in [1.29, 1.82) is 0 Å². The SMILES string of the molecule is COCCNC(=O)C(c1cccc(OC)c1)N(C(=O)Cn1nnc2ccccc21)c1ccccc1. The molecule has 9 nitrogen and oxygen atoms in total. The van der Waals surface area contributed by atoms with E-state index in [2.05, 4.69) is 15.6 Å². The van der Waals surface area contributed by atoms with Gasteiger partial charge in [0.25, 0.3) is 0 Å². The van der Waals surface area contributed by atoms with Gasteiger partial charge in [0.15, 0.2) is 0 Å². The molecule has 1 N–H and O–H groups in total. The topological polar surface area (TPSA) is 98.6 Å². The first kappa shape index (κ1) is 23.9. The third-order valence-electron chi connectivity index (χ3n) is 5.53. The number of aromatic nitrogens is 3. The molecule has 180 valence electrons. The Morgan fingerprint density at radius 1 is 1.00 bits per heavy atom. The van der Waals surface area contributed by atoms with E-state index in [1.807, 2.05) is 42.5 Å². The maximum absolute atomic E-state index is 13.9. The minimum Gasteiger partial charge on any atom is -0.497 e. The average Bonchev–Trinajstić information content (AvgIpc) is 3.30. The van der Waals surface area contributed by atoms with Crippen LogP contribution in [0.3, 0.4) is 0 Å². The van der Waals surface area contributed by atoms with E-state index < -0.39 is 6.04 Å². The number of nitrogens with one attached hydrogen (secondary N) is 1. The molecule has 2 amide bonds. The molecule has 4 rings (SSSR count). The zero-order chi connectivity index (χ0) is 24.6. The fourth-order valence-electron chi connectivity index (χ4n) is 3.87. The monoisotopic (exact) mass is 473 g/mol. The number of nitrogens with zero attached hydrogens (tertiary/aromatic N) is 4. The zero-order valence-corrected chi connectivity index (χ0v) is 19.6. The van der Waals surface area contributed by atoms with Crippen molar-refractivity contribution in [3.05, 3.63) is 84.4 Å². The van der Waals surface area contributed by atoms with Gasteiger partial charge < -0.3 is 14.8 Å². The van der Waals surface area contributed by atoms with Gasteiger partial charge in [-0.05, 0) is 42.0 Å². The van der Waals surface area contributed by atoms with Crippen molar-refractivity contribution >= 4 is 28.5 Å². The smallest absolute Gasteiger partial charge is 0.249 e. The Balaban J connectivity index is 1.77. The van der Waals surface area contributed by atoms with E-state index in [9.17, 15) is 9.59 Å². The van der Waals surface area contributed by atoms with Gasteiger partial charge >= 0.3 is 0 Å². The summed E-state index contributed by atoms with van der Waals surface area (Å²) in [7, 11) is 3.12. The van der Waals surface area contributed by atoms with Crippen molar-refractivity contribution in [3.63, 3.8) is 0 Å². The molecule has 0 bridgehead atoms. The second-order valence-corrected chi connectivity index (χ2v) is 7.80. The van der Waals surface area contributed by atoms with Crippen molar-refractivity contribution in [2.24, 2.45) is 0 Å². The Morgan fingerprint density at radius 3 is 2.54 bits per heavy atom. The van der Waals surface area contributed by atoms with Crippen LogP contribution in [0.4, 0.5) is 5.69 Å². The highest BCUT2D eigenvalue weighted by Crippen LogP contribution is 2.30. The Labute approximate surface area is 203 Å². The van der Waals surface area contributed by atoms with Crippen molar-refractivity contribution in [3.8, 4) is 5.75 Å². The number of carbonyl (C=O) groups excluding carboxylic acids is 2. The van der Waals surface area contributed by atoms with E-state index in [0.717, 1.165) is 5.52 Å². The van der Waals surface area contributed by atoms with E-state index >= 15 is 0 Å². The first-order valence-corrected chi connectivity index (χ1v) is 11.2. The van der Waals surface area contributed by atoms with Gasteiger partial charge in [0.05, 0.1) is 19.2 Å². The fourth-order valence-corrected chi connectivity index (χ4v) is 3.87. The minimum atomic E-state index is -0.952. The van der Waals surface area contributed by atoms with Crippen LogP contribution in [0.5, 0.6) is 5.75 Å². The van der Waals surface area contributed by atoms with Gasteiger partial charge in [-0.25, -0.2) is 4.68 Å². The maximum atomic E-state index is 13.9. The van der Waals surface area contributed by atoms with Crippen molar-refractivity contribution < 1.29 is 19.1 Å². The third kappa shape index (κ3) is 5.47. The minimum absolute atomic E-state index is 0.0960. The number of hydrogen-bond donors (Lipinski definition) is 1. The summed E-state index contributed by atoms with van der Waals surface area (Å²) in [5.41, 5.74) is 2.61. The number of benzene rings is 3. The molecule has 0 saturated heterocycles. The van der Waals surface area contributed by atoms with Crippen LogP contribution in [-0.4, -0.2) is 54.2 Å². The molecule has 0 aliphatic heterocycles. The molecule has 1 heterocycles. The van der Waals surface area contributed by atoms with E-state index in [4.69, 9.17) is 9.47 Å². The summed E-state index contributed by atoms with van der Waals surface area (Å²) >= 11 is 0. The Bertz CT molecular complexity index is 1290. The van der Waals surface area contributed by atoms with E-state index in [1.54, 1.807) is 55.3 Å². The molecular formula is C26H27N5O4. The summed E-state index contributed by atoms with van der Waals surface area (Å²) in [6, 6.07) is 22.7. The largest absolute Gasteiger partial charge is 0.497 e. The molecule has 1 unspecified atom stereocenters. The van der Waals surface area contributed by atoms with Gasteiger partial charge in [0.2, 0.25) is 11.8 Å². The second kappa shape index (κ2) is 11.3. The molecule has 0 radical (unpaired) electrons. The van der Waals surface area contributed by atoms with E-state index in [0.29, 0.717) is 35.7 Å². The lowest BCUT2D eigenvalue weighted by atomic mass is 10.0. The summed E-state index contributed by atoms with van der Waals surface area (Å²) in [6.07, 6.45) is 0. The van der Waals surface area contributed by atoms with Gasteiger partial charge in [-0.3, -0.25) is 14.5 Å². The quantitative estimate of drug-likeness (QED) is 0.356. The van der Waals surface area contributed by atoms with Crippen LogP contribution < -0.4 is 15.0 Å². The van der Waals surface area contributed by atoms with Crippen LogP contribution in [0.25, 0.3) is 11.0 Å². The molecule has 0 fully saturated rings. The predicted molar refractivity (Wildman–Crippen MR) is 132 cm³/mol. The lowest BCUT2D eigenvalue weighted by molar-refractivity contribution is -0.127. The van der Waals surface area contributed by atoms with Crippen molar-refractivity contribution in [2.75, 3.05) is 32.3 Å². The fraction of sp³-hybridized carbons (Fsp3) is 0.231. The second-order valence-electron chi connectivity index (χ2n) is 7.80. The van der Waals surface area contributed by atoms with Gasteiger partial charge in [-0.1, -0.05) is 47.7 Å². The highest BCUT2D eigenvalue weighted by Gasteiger charge is 2.33. The number of hydrogen-bond acceptors (Lipinski definition) is 6. The standard InChI is InChI=1S/C26H27N5O4/c1-34-16-15-27-26(33)25(19-9-8-12-21(17-19)35-2)31(20-10-4-3-5-11-20)24(32)18-30-23-14-7-6-13-22(23)28-29-30/h3-14,17,25H,15-16,18H2,1-2H3,(H,27,33). The summed E-state index contributed by atoms with van der Waals surface area (Å²) in [5.74, 6) is -0.0718. The maximum Gasteiger partial charge on any atom is 0.249 e. The highest BCUT2D eigenvalue weighted by atomic mass is 16.5. The molecule has 4 aromatic rings. The number of fused-ring (bicyclic) bond motifs is 1. The van der Waals surface area contributed by atoms with Crippen molar-refractivity contribution in [1.82, 2.24) is 20.3 Å².